The molecular weight excluding hydrogens is 505 g/mol. The number of aromatic nitrogens is 3. The Kier molecular flexibility index (Phi) is 6.61. The van der Waals surface area contributed by atoms with Crippen LogP contribution in [0.4, 0.5) is 4.39 Å². The first-order chi connectivity index (χ1) is 19.4. The van der Waals surface area contributed by atoms with Gasteiger partial charge in [0.25, 0.3) is 0 Å². The highest BCUT2D eigenvalue weighted by Gasteiger charge is 2.20. The lowest BCUT2D eigenvalue weighted by Crippen LogP contribution is -2.29. The smallest absolute Gasteiger partial charge is 0.248 e. The summed E-state index contributed by atoms with van der Waals surface area (Å²) in [5.41, 5.74) is 12.0. The molecule has 5 aromatic rings. The molecule has 0 spiro atoms. The van der Waals surface area contributed by atoms with Crippen molar-refractivity contribution < 1.29 is 14.3 Å². The van der Waals surface area contributed by atoms with Gasteiger partial charge in [0, 0.05) is 65.4 Å². The number of primary amides is 1. The van der Waals surface area contributed by atoms with Crippen LogP contribution in [0.1, 0.15) is 33.7 Å². The first-order valence-electron chi connectivity index (χ1n) is 13.1. The molecule has 0 fully saturated rings. The van der Waals surface area contributed by atoms with Crippen molar-refractivity contribution >= 4 is 22.4 Å². The number of phenols is 1. The van der Waals surface area contributed by atoms with Gasteiger partial charge in [0.15, 0.2) is 5.82 Å². The predicted octanol–water partition coefficient (Wildman–Crippen LogP) is 5.63. The van der Waals surface area contributed by atoms with E-state index in [0.29, 0.717) is 23.6 Å². The van der Waals surface area contributed by atoms with E-state index in [1.807, 2.05) is 48.0 Å². The zero-order chi connectivity index (χ0) is 27.8. The predicted molar refractivity (Wildman–Crippen MR) is 153 cm³/mol. The van der Waals surface area contributed by atoms with Gasteiger partial charge in [0.05, 0.1) is 11.2 Å². The number of phenolic OH excluding ortho intramolecular Hbond substituents is 1. The van der Waals surface area contributed by atoms with Crippen molar-refractivity contribution in [3.05, 3.63) is 113 Å². The van der Waals surface area contributed by atoms with Crippen LogP contribution in [-0.4, -0.2) is 43.5 Å². The third-order valence-electron chi connectivity index (χ3n) is 7.37. The first kappa shape index (κ1) is 25.5. The number of rotatable bonds is 6. The quantitative estimate of drug-likeness (QED) is 0.295. The highest BCUT2D eigenvalue weighted by Crippen LogP contribution is 2.32. The van der Waals surface area contributed by atoms with E-state index in [1.165, 1.54) is 23.8 Å². The Balaban J connectivity index is 1.24. The van der Waals surface area contributed by atoms with Crippen LogP contribution in [0.3, 0.4) is 0 Å². The minimum atomic E-state index is -0.486. The van der Waals surface area contributed by atoms with Gasteiger partial charge in [0.2, 0.25) is 5.91 Å². The molecule has 7 nitrogen and oxygen atoms in total. The first-order valence-corrected chi connectivity index (χ1v) is 13.1. The van der Waals surface area contributed by atoms with Crippen LogP contribution in [0, 0.1) is 12.7 Å². The number of aromatic hydroxyl groups is 1. The molecule has 1 aliphatic heterocycles. The number of nitrogens with two attached hydrogens (primary N) is 1. The van der Waals surface area contributed by atoms with E-state index in [-0.39, 0.29) is 5.75 Å². The second-order valence-electron chi connectivity index (χ2n) is 10.0. The zero-order valence-corrected chi connectivity index (χ0v) is 22.0. The van der Waals surface area contributed by atoms with Gasteiger partial charge in [-0.3, -0.25) is 9.69 Å². The fourth-order valence-electron chi connectivity index (χ4n) is 5.35. The number of para-hydroxylation sites is 1. The minimum Gasteiger partial charge on any atom is -0.506 e. The van der Waals surface area contributed by atoms with Crippen LogP contribution in [0.15, 0.2) is 85.1 Å². The monoisotopic (exact) mass is 533 g/mol. The van der Waals surface area contributed by atoms with E-state index in [0.717, 1.165) is 52.9 Å². The molecule has 0 bridgehead atoms. The number of fused-ring (bicyclic) bond motifs is 1. The standard InChI is InChI=1S/C32H28FN5O2/c1-20-27(18-35-32(36-20)24-7-4-6-23(15-24)31(34)40)21-11-13-37(14-12-21)19-26-16-22-5-2-3-8-28(22)38(26)29-17-25(33)9-10-30(29)39/h2-11,15-18,39H,12-14,19H2,1H3,(H2,34,40). The van der Waals surface area contributed by atoms with Crippen LogP contribution in [-0.2, 0) is 6.54 Å². The molecule has 3 aromatic carbocycles. The largest absolute Gasteiger partial charge is 0.506 e. The maximum absolute atomic E-state index is 14.2. The molecule has 200 valence electrons. The summed E-state index contributed by atoms with van der Waals surface area (Å²) < 4.78 is 16.1. The molecule has 0 saturated carbocycles. The van der Waals surface area contributed by atoms with E-state index < -0.39 is 11.7 Å². The molecule has 8 heteroatoms. The van der Waals surface area contributed by atoms with Crippen LogP contribution in [0.2, 0.25) is 0 Å². The normalized spacial score (nSPS) is 13.9. The SMILES string of the molecule is Cc1nc(-c2cccc(C(N)=O)c2)ncc1C1=CCN(Cc2cc3ccccc3n2-c2cc(F)ccc2O)CC1. The van der Waals surface area contributed by atoms with Crippen molar-refractivity contribution in [1.29, 1.82) is 0 Å². The summed E-state index contributed by atoms with van der Waals surface area (Å²) in [4.78, 5) is 23.2. The van der Waals surface area contributed by atoms with Crippen molar-refractivity contribution in [2.45, 2.75) is 19.9 Å². The van der Waals surface area contributed by atoms with Crippen molar-refractivity contribution in [3.63, 3.8) is 0 Å². The number of hydrogen-bond acceptors (Lipinski definition) is 5. The fourth-order valence-corrected chi connectivity index (χ4v) is 5.35. The van der Waals surface area contributed by atoms with E-state index in [9.17, 15) is 14.3 Å². The molecule has 0 radical (unpaired) electrons. The summed E-state index contributed by atoms with van der Waals surface area (Å²) in [6, 6.07) is 21.1. The second kappa shape index (κ2) is 10.4. The Morgan fingerprint density at radius 1 is 1.07 bits per heavy atom. The number of carbonyl (C=O) groups excluding carboxylic acids is 1. The number of aryl methyl sites for hydroxylation is 1. The molecule has 1 amide bonds. The molecule has 0 unspecified atom stereocenters. The molecule has 0 aliphatic carbocycles. The van der Waals surface area contributed by atoms with E-state index in [2.05, 4.69) is 22.0 Å². The van der Waals surface area contributed by atoms with Crippen molar-refractivity contribution in [2.75, 3.05) is 13.1 Å². The Morgan fingerprint density at radius 3 is 2.70 bits per heavy atom. The average molecular weight is 534 g/mol. The highest BCUT2D eigenvalue weighted by atomic mass is 19.1. The third kappa shape index (κ3) is 4.85. The summed E-state index contributed by atoms with van der Waals surface area (Å²) in [5, 5.41) is 11.6. The molecular formula is C32H28FN5O2. The van der Waals surface area contributed by atoms with E-state index in [4.69, 9.17) is 10.7 Å². The molecule has 6 rings (SSSR count). The minimum absolute atomic E-state index is 0.0325. The number of amides is 1. The number of nitrogens with zero attached hydrogens (tertiary/aromatic N) is 4. The van der Waals surface area contributed by atoms with E-state index >= 15 is 0 Å². The van der Waals surface area contributed by atoms with Gasteiger partial charge >= 0.3 is 0 Å². The number of carbonyl (C=O) groups is 1. The summed E-state index contributed by atoms with van der Waals surface area (Å²) >= 11 is 0. The highest BCUT2D eigenvalue weighted by molar-refractivity contribution is 5.93. The molecule has 3 N–H and O–H groups in total. The summed E-state index contributed by atoms with van der Waals surface area (Å²) in [5.74, 6) is -0.299. The Labute approximate surface area is 231 Å². The van der Waals surface area contributed by atoms with Gasteiger partial charge in [-0.15, -0.1) is 0 Å². The van der Waals surface area contributed by atoms with Gasteiger partial charge in [-0.1, -0.05) is 36.4 Å². The third-order valence-corrected chi connectivity index (χ3v) is 7.37. The van der Waals surface area contributed by atoms with Crippen molar-refractivity contribution in [3.8, 4) is 22.8 Å². The summed E-state index contributed by atoms with van der Waals surface area (Å²) in [6.45, 7) is 4.16. The number of hydrogen-bond donors (Lipinski definition) is 2. The molecule has 40 heavy (non-hydrogen) atoms. The summed E-state index contributed by atoms with van der Waals surface area (Å²) in [7, 11) is 0. The summed E-state index contributed by atoms with van der Waals surface area (Å²) in [6.07, 6.45) is 4.88. The lowest BCUT2D eigenvalue weighted by atomic mass is 9.99. The van der Waals surface area contributed by atoms with Crippen molar-refractivity contribution in [1.82, 2.24) is 19.4 Å². The van der Waals surface area contributed by atoms with Gasteiger partial charge in [0.1, 0.15) is 11.6 Å². The maximum atomic E-state index is 14.2. The van der Waals surface area contributed by atoms with Gasteiger partial charge in [-0.05, 0) is 55.3 Å². The van der Waals surface area contributed by atoms with Crippen molar-refractivity contribution in [2.24, 2.45) is 5.73 Å². The van der Waals surface area contributed by atoms with Crippen LogP contribution >= 0.6 is 0 Å². The number of benzene rings is 3. The molecule has 3 heterocycles. The Bertz CT molecular complexity index is 1790. The van der Waals surface area contributed by atoms with Crippen LogP contribution in [0.25, 0.3) is 33.6 Å². The van der Waals surface area contributed by atoms with Gasteiger partial charge in [-0.25, -0.2) is 14.4 Å². The molecule has 0 saturated heterocycles. The van der Waals surface area contributed by atoms with Gasteiger partial charge in [-0.2, -0.15) is 0 Å². The number of halogens is 1. The second-order valence-corrected chi connectivity index (χ2v) is 10.0. The molecule has 2 aromatic heterocycles. The Hall–Kier alpha value is -4.82. The van der Waals surface area contributed by atoms with Gasteiger partial charge < -0.3 is 15.4 Å². The topological polar surface area (TPSA) is 97.3 Å². The van der Waals surface area contributed by atoms with Crippen LogP contribution < -0.4 is 5.73 Å². The average Bonchev–Trinajstić information content (AvgIpc) is 3.32. The molecule has 0 atom stereocenters. The Morgan fingerprint density at radius 2 is 1.93 bits per heavy atom. The van der Waals surface area contributed by atoms with E-state index in [1.54, 1.807) is 18.2 Å². The van der Waals surface area contributed by atoms with Crippen LogP contribution in [0.5, 0.6) is 5.75 Å². The lowest BCUT2D eigenvalue weighted by Gasteiger charge is -2.27. The molecule has 1 aliphatic rings. The zero-order valence-electron chi connectivity index (χ0n) is 22.0. The fraction of sp³-hybridized carbons (Fsp3) is 0.156. The lowest BCUT2D eigenvalue weighted by molar-refractivity contribution is 0.100. The maximum Gasteiger partial charge on any atom is 0.248 e.